The molecule has 0 radical (unpaired) electrons. The van der Waals surface area contributed by atoms with E-state index in [4.69, 9.17) is 42.1 Å². The lowest BCUT2D eigenvalue weighted by molar-refractivity contribution is -0.105. The largest absolute Gasteiger partial charge is 0.354 e. The van der Waals surface area contributed by atoms with Crippen molar-refractivity contribution in [2.45, 2.75) is 38.9 Å². The van der Waals surface area contributed by atoms with Gasteiger partial charge in [0.25, 0.3) is 0 Å². The van der Waals surface area contributed by atoms with Crippen LogP contribution >= 0.6 is 23.2 Å². The predicted molar refractivity (Wildman–Crippen MR) is 81.2 cm³/mol. The van der Waals surface area contributed by atoms with Crippen LogP contribution in [0.3, 0.4) is 0 Å². The van der Waals surface area contributed by atoms with Crippen molar-refractivity contribution in [1.82, 2.24) is 0 Å². The van der Waals surface area contributed by atoms with Gasteiger partial charge in [0.15, 0.2) is 0 Å². The molecule has 0 fully saturated rings. The Hall–Kier alpha value is -0.0200. The Labute approximate surface area is 132 Å². The summed E-state index contributed by atoms with van der Waals surface area (Å²) in [6.07, 6.45) is 0. The molecule has 0 aliphatic rings. The van der Waals surface area contributed by atoms with E-state index in [1.165, 1.54) is 0 Å². The van der Waals surface area contributed by atoms with Gasteiger partial charge in [-0.05, 0) is 27.7 Å². The second kappa shape index (κ2) is 10.7. The van der Waals surface area contributed by atoms with Crippen LogP contribution in [0, 0.1) is 11.8 Å². The average molecular weight is 327 g/mol. The van der Waals surface area contributed by atoms with Crippen LogP contribution < -0.4 is 0 Å². The highest BCUT2D eigenvalue weighted by Gasteiger charge is 2.19. The lowest BCUT2D eigenvalue weighted by atomic mass is 10.1. The summed E-state index contributed by atoms with van der Waals surface area (Å²) in [5.74, 6) is 6.94. The molecule has 0 atom stereocenters. The van der Waals surface area contributed by atoms with E-state index in [9.17, 15) is 0 Å². The summed E-state index contributed by atoms with van der Waals surface area (Å²) in [6.45, 7) is 8.70. The molecule has 0 saturated carbocycles. The SMILES string of the molecule is CC(C)(C#CC(C)(C)OCOCCCl)OCOCCCl. The first kappa shape index (κ1) is 20.0. The Morgan fingerprint density at radius 2 is 1.10 bits per heavy atom. The normalized spacial score (nSPS) is 12.1. The summed E-state index contributed by atoms with van der Waals surface area (Å²) < 4.78 is 21.3. The topological polar surface area (TPSA) is 36.9 Å². The quantitative estimate of drug-likeness (QED) is 0.267. The maximum atomic E-state index is 5.51. The minimum atomic E-state index is -0.621. The molecule has 0 aromatic carbocycles. The van der Waals surface area contributed by atoms with Gasteiger partial charge >= 0.3 is 0 Å². The molecule has 0 rings (SSSR count). The average Bonchev–Trinajstić information content (AvgIpc) is 2.38. The van der Waals surface area contributed by atoms with E-state index in [1.54, 1.807) is 0 Å². The summed E-state index contributed by atoms with van der Waals surface area (Å²) in [4.78, 5) is 0. The minimum absolute atomic E-state index is 0.161. The van der Waals surface area contributed by atoms with Gasteiger partial charge in [-0.25, -0.2) is 0 Å². The Bertz CT molecular complexity index is 280. The fourth-order valence-corrected chi connectivity index (χ4v) is 1.20. The van der Waals surface area contributed by atoms with Gasteiger partial charge in [-0.3, -0.25) is 0 Å². The third-order valence-electron chi connectivity index (χ3n) is 2.11. The highest BCUT2D eigenvalue weighted by molar-refractivity contribution is 6.18. The number of ether oxygens (including phenoxy) is 4. The predicted octanol–water partition coefficient (Wildman–Crippen LogP) is 3.01. The maximum Gasteiger partial charge on any atom is 0.148 e. The molecule has 0 aliphatic heterocycles. The van der Waals surface area contributed by atoms with Gasteiger partial charge in [0, 0.05) is 11.8 Å². The highest BCUT2D eigenvalue weighted by atomic mass is 35.5. The van der Waals surface area contributed by atoms with Gasteiger partial charge in [0.2, 0.25) is 0 Å². The second-order valence-corrected chi connectivity index (χ2v) is 5.75. The third-order valence-corrected chi connectivity index (χ3v) is 2.42. The van der Waals surface area contributed by atoms with E-state index >= 15 is 0 Å². The number of alkyl halides is 2. The zero-order valence-electron chi connectivity index (χ0n) is 12.6. The van der Waals surface area contributed by atoms with Crippen LogP contribution in [0.15, 0.2) is 0 Å². The summed E-state index contributed by atoms with van der Waals surface area (Å²) in [5, 5.41) is 0. The first-order chi connectivity index (χ1) is 9.33. The fourth-order valence-electron chi connectivity index (χ4n) is 0.978. The van der Waals surface area contributed by atoms with E-state index in [2.05, 4.69) is 11.8 Å². The monoisotopic (exact) mass is 326 g/mol. The fraction of sp³-hybridized carbons (Fsp3) is 0.857. The van der Waals surface area contributed by atoms with Crippen LogP contribution in [0.1, 0.15) is 27.7 Å². The maximum absolute atomic E-state index is 5.51. The number of halogens is 2. The van der Waals surface area contributed by atoms with Crippen LogP contribution in [0.2, 0.25) is 0 Å². The lowest BCUT2D eigenvalue weighted by Gasteiger charge is -2.22. The third kappa shape index (κ3) is 11.8. The van der Waals surface area contributed by atoms with Crippen LogP contribution in [0.5, 0.6) is 0 Å². The summed E-state index contributed by atoms with van der Waals surface area (Å²) in [6, 6.07) is 0. The van der Waals surface area contributed by atoms with Crippen LogP contribution in [-0.4, -0.2) is 49.8 Å². The summed E-state index contributed by atoms with van der Waals surface area (Å²) in [7, 11) is 0. The van der Waals surface area contributed by atoms with Gasteiger partial charge in [0.05, 0.1) is 13.2 Å². The lowest BCUT2D eigenvalue weighted by Crippen LogP contribution is -2.28. The van der Waals surface area contributed by atoms with E-state index in [-0.39, 0.29) is 13.6 Å². The molecule has 0 aromatic rings. The van der Waals surface area contributed by atoms with Gasteiger partial charge in [-0.1, -0.05) is 11.8 Å². The Kier molecular flexibility index (Phi) is 10.7. The Morgan fingerprint density at radius 3 is 1.40 bits per heavy atom. The standard InChI is InChI=1S/C14H24Cl2O4/c1-13(2,19-11-17-9-7-15)5-6-14(3,4)20-12-18-10-8-16/h7-12H2,1-4H3. The molecular weight excluding hydrogens is 303 g/mol. The summed E-state index contributed by atoms with van der Waals surface area (Å²) in [5.41, 5.74) is -1.24. The molecule has 0 spiro atoms. The molecule has 118 valence electrons. The second-order valence-electron chi connectivity index (χ2n) is 4.99. The van der Waals surface area contributed by atoms with Crippen molar-refractivity contribution in [2.24, 2.45) is 0 Å². The molecule has 0 aromatic heterocycles. The van der Waals surface area contributed by atoms with Crippen molar-refractivity contribution < 1.29 is 18.9 Å². The molecule has 0 N–H and O–H groups in total. The molecular formula is C14H24Cl2O4. The van der Waals surface area contributed by atoms with Crippen LogP contribution in [-0.2, 0) is 18.9 Å². The zero-order chi connectivity index (χ0) is 15.5. The van der Waals surface area contributed by atoms with Gasteiger partial charge < -0.3 is 18.9 Å². The molecule has 0 amide bonds. The first-order valence-electron chi connectivity index (χ1n) is 6.42. The summed E-state index contributed by atoms with van der Waals surface area (Å²) >= 11 is 11.0. The van der Waals surface area contributed by atoms with Gasteiger partial charge in [0.1, 0.15) is 24.8 Å². The Balaban J connectivity index is 4.15. The number of rotatable bonds is 10. The molecule has 4 nitrogen and oxygen atoms in total. The van der Waals surface area contributed by atoms with Crippen molar-refractivity contribution >= 4 is 23.2 Å². The van der Waals surface area contributed by atoms with Crippen molar-refractivity contribution in [2.75, 3.05) is 38.6 Å². The van der Waals surface area contributed by atoms with Crippen molar-refractivity contribution in [1.29, 1.82) is 0 Å². The smallest absolute Gasteiger partial charge is 0.148 e. The molecule has 0 aliphatic carbocycles. The van der Waals surface area contributed by atoms with Crippen molar-refractivity contribution in [3.8, 4) is 11.8 Å². The first-order valence-corrected chi connectivity index (χ1v) is 7.49. The Morgan fingerprint density at radius 1 is 0.750 bits per heavy atom. The molecule has 0 saturated heterocycles. The molecule has 0 heterocycles. The zero-order valence-corrected chi connectivity index (χ0v) is 14.1. The van der Waals surface area contributed by atoms with Crippen LogP contribution in [0.25, 0.3) is 0 Å². The number of hydrogen-bond acceptors (Lipinski definition) is 4. The van der Waals surface area contributed by atoms with Gasteiger partial charge in [-0.15, -0.1) is 23.2 Å². The highest BCUT2D eigenvalue weighted by Crippen LogP contribution is 2.12. The van der Waals surface area contributed by atoms with E-state index < -0.39 is 11.2 Å². The van der Waals surface area contributed by atoms with Crippen LogP contribution in [0.4, 0.5) is 0 Å². The minimum Gasteiger partial charge on any atom is -0.354 e. The molecule has 0 bridgehead atoms. The molecule has 0 unspecified atom stereocenters. The molecule has 6 heteroatoms. The van der Waals surface area contributed by atoms with Crippen molar-refractivity contribution in [3.63, 3.8) is 0 Å². The van der Waals surface area contributed by atoms with E-state index in [0.29, 0.717) is 25.0 Å². The molecule has 20 heavy (non-hydrogen) atoms. The van der Waals surface area contributed by atoms with Gasteiger partial charge in [-0.2, -0.15) is 0 Å². The van der Waals surface area contributed by atoms with E-state index in [0.717, 1.165) is 0 Å². The van der Waals surface area contributed by atoms with Crippen molar-refractivity contribution in [3.05, 3.63) is 0 Å². The number of hydrogen-bond donors (Lipinski definition) is 0. The van der Waals surface area contributed by atoms with E-state index in [1.807, 2.05) is 27.7 Å².